The van der Waals surface area contributed by atoms with Crippen LogP contribution in [0.15, 0.2) is 30.2 Å². The maximum absolute atomic E-state index is 12.4. The molecule has 2 rings (SSSR count). The zero-order valence-corrected chi connectivity index (χ0v) is 12.8. The summed E-state index contributed by atoms with van der Waals surface area (Å²) in [7, 11) is -5.70. The Morgan fingerprint density at radius 1 is 1.45 bits per heavy atom. The number of nitrogens with zero attached hydrogens (tertiary/aromatic N) is 1. The van der Waals surface area contributed by atoms with E-state index in [9.17, 15) is 21.6 Å². The van der Waals surface area contributed by atoms with Crippen LogP contribution in [0.25, 0.3) is 0 Å². The first-order valence-electron chi connectivity index (χ1n) is 6.18. The molecule has 122 valence electrons. The Kier molecular flexibility index (Phi) is 4.69. The summed E-state index contributed by atoms with van der Waals surface area (Å²) in [5.74, 6) is -0.985. The Morgan fingerprint density at radius 3 is 2.73 bits per heavy atom. The van der Waals surface area contributed by atoms with Crippen molar-refractivity contribution in [3.05, 3.63) is 40.9 Å². The molecule has 0 spiro atoms. The van der Waals surface area contributed by atoms with E-state index in [0.717, 1.165) is 0 Å². The van der Waals surface area contributed by atoms with Crippen LogP contribution in [0.1, 0.15) is 18.7 Å². The van der Waals surface area contributed by atoms with Crippen molar-refractivity contribution in [2.45, 2.75) is 18.5 Å². The predicted octanol–water partition coefficient (Wildman–Crippen LogP) is 2.77. The number of rotatable bonds is 3. The first kappa shape index (κ1) is 17.0. The Hall–Kier alpha value is -1.32. The molecule has 10 heteroatoms. The van der Waals surface area contributed by atoms with Crippen LogP contribution in [0.5, 0.6) is 0 Å². The van der Waals surface area contributed by atoms with Gasteiger partial charge in [0.15, 0.2) is 0 Å². The summed E-state index contributed by atoms with van der Waals surface area (Å²) in [5, 5.41) is 3.33. The molecule has 1 unspecified atom stereocenters. The summed E-state index contributed by atoms with van der Waals surface area (Å²) < 4.78 is 63.7. The fraction of sp³-hybridized carbons (Fsp3) is 0.417. The average molecular weight is 357 g/mol. The maximum Gasteiger partial charge on any atom is 0.534 e. The molecule has 0 aliphatic carbocycles. The van der Waals surface area contributed by atoms with Gasteiger partial charge >= 0.3 is 15.6 Å². The summed E-state index contributed by atoms with van der Waals surface area (Å²) in [6, 6.07) is 2.64. The van der Waals surface area contributed by atoms with Crippen molar-refractivity contribution >= 4 is 21.7 Å². The average Bonchev–Trinajstić information content (AvgIpc) is 2.41. The first-order valence-corrected chi connectivity index (χ1v) is 7.96. The molecule has 0 bridgehead atoms. The number of hydrogen-bond acceptors (Lipinski definition) is 5. The highest BCUT2D eigenvalue weighted by atomic mass is 35.5. The summed E-state index contributed by atoms with van der Waals surface area (Å²) in [6.07, 6.45) is 2.74. The molecule has 0 saturated carbocycles. The van der Waals surface area contributed by atoms with Gasteiger partial charge in [0.2, 0.25) is 0 Å². The van der Waals surface area contributed by atoms with Gasteiger partial charge in [0.25, 0.3) is 0 Å². The van der Waals surface area contributed by atoms with Gasteiger partial charge in [-0.1, -0.05) is 18.5 Å². The molecule has 0 amide bonds. The van der Waals surface area contributed by atoms with Gasteiger partial charge in [-0.2, -0.15) is 21.6 Å². The molecule has 0 fully saturated rings. The Morgan fingerprint density at radius 2 is 2.14 bits per heavy atom. The topological polar surface area (TPSA) is 68.3 Å². The first-order chi connectivity index (χ1) is 10.1. The van der Waals surface area contributed by atoms with Crippen LogP contribution in [0, 0.1) is 5.92 Å². The summed E-state index contributed by atoms with van der Waals surface area (Å²) in [5.41, 5.74) is -5.06. The number of pyridine rings is 1. The van der Waals surface area contributed by atoms with Crippen LogP contribution in [0.3, 0.4) is 0 Å². The van der Waals surface area contributed by atoms with Gasteiger partial charge in [-0.05, 0) is 18.2 Å². The maximum atomic E-state index is 12.4. The highest BCUT2D eigenvalue weighted by molar-refractivity contribution is 7.87. The third-order valence-electron chi connectivity index (χ3n) is 3.16. The Bertz CT molecular complexity index is 691. The highest BCUT2D eigenvalue weighted by Crippen LogP contribution is 2.36. The molecule has 2 atom stereocenters. The molecule has 1 N–H and O–H groups in total. The fourth-order valence-electron chi connectivity index (χ4n) is 2.06. The van der Waals surface area contributed by atoms with E-state index in [4.69, 9.17) is 11.6 Å². The summed E-state index contributed by atoms with van der Waals surface area (Å²) in [6.45, 7) is 1.66. The molecule has 5 nitrogen and oxygen atoms in total. The monoisotopic (exact) mass is 356 g/mol. The van der Waals surface area contributed by atoms with E-state index in [1.165, 1.54) is 19.2 Å². The minimum atomic E-state index is -5.70. The largest absolute Gasteiger partial charge is 0.534 e. The van der Waals surface area contributed by atoms with E-state index in [1.54, 1.807) is 12.1 Å². The molecule has 0 radical (unpaired) electrons. The second-order valence-electron chi connectivity index (χ2n) is 4.63. The van der Waals surface area contributed by atoms with Crippen molar-refractivity contribution in [2.24, 2.45) is 5.92 Å². The standard InChI is InChI=1S/C12H12ClF3N2O3S/c1-7-9(21-22(19,20)12(14,15)16)4-6-18-10(7)11-8(13)3-2-5-17-11/h2-5,7,10,18H,6H2,1H3/t7?,10-/m1/s1. The van der Waals surface area contributed by atoms with Crippen LogP contribution in [-0.2, 0) is 14.3 Å². The second-order valence-corrected chi connectivity index (χ2v) is 6.58. The van der Waals surface area contributed by atoms with Crippen LogP contribution in [0.4, 0.5) is 13.2 Å². The molecule has 22 heavy (non-hydrogen) atoms. The summed E-state index contributed by atoms with van der Waals surface area (Å²) in [4.78, 5) is 4.08. The van der Waals surface area contributed by atoms with E-state index >= 15 is 0 Å². The lowest BCUT2D eigenvalue weighted by molar-refractivity contribution is -0.0528. The van der Waals surface area contributed by atoms with Crippen LogP contribution >= 0.6 is 11.6 Å². The number of halogens is 4. The molecule has 1 aromatic heterocycles. The van der Waals surface area contributed by atoms with Crippen molar-refractivity contribution in [2.75, 3.05) is 6.54 Å². The molecule has 2 heterocycles. The molecule has 1 aliphatic rings. The van der Waals surface area contributed by atoms with Crippen molar-refractivity contribution in [3.8, 4) is 0 Å². The normalized spacial score (nSPS) is 23.0. The fourth-order valence-corrected chi connectivity index (χ4v) is 2.86. The van der Waals surface area contributed by atoms with E-state index in [2.05, 4.69) is 14.5 Å². The molecular weight excluding hydrogens is 345 g/mol. The lowest BCUT2D eigenvalue weighted by atomic mass is 9.93. The number of alkyl halides is 3. The van der Waals surface area contributed by atoms with E-state index < -0.39 is 27.6 Å². The quantitative estimate of drug-likeness (QED) is 0.666. The van der Waals surface area contributed by atoms with E-state index in [1.807, 2.05) is 0 Å². The van der Waals surface area contributed by atoms with Crippen molar-refractivity contribution in [3.63, 3.8) is 0 Å². The van der Waals surface area contributed by atoms with Gasteiger partial charge in [0, 0.05) is 18.7 Å². The Labute approximate surface area is 130 Å². The summed E-state index contributed by atoms with van der Waals surface area (Å²) >= 11 is 6.02. The smallest absolute Gasteiger partial charge is 0.381 e. The lowest BCUT2D eigenvalue weighted by Crippen LogP contribution is -2.36. The van der Waals surface area contributed by atoms with Gasteiger partial charge in [-0.3, -0.25) is 4.98 Å². The van der Waals surface area contributed by atoms with Gasteiger partial charge < -0.3 is 9.50 Å². The number of nitrogens with one attached hydrogen (secondary N) is 1. The molecule has 1 aromatic rings. The van der Waals surface area contributed by atoms with E-state index in [-0.39, 0.29) is 12.3 Å². The molecule has 1 aliphatic heterocycles. The lowest BCUT2D eigenvalue weighted by Gasteiger charge is -2.30. The number of aromatic nitrogens is 1. The third-order valence-corrected chi connectivity index (χ3v) is 4.46. The van der Waals surface area contributed by atoms with Gasteiger partial charge in [0.05, 0.1) is 16.8 Å². The highest BCUT2D eigenvalue weighted by Gasteiger charge is 2.49. The van der Waals surface area contributed by atoms with Crippen LogP contribution < -0.4 is 5.32 Å². The van der Waals surface area contributed by atoms with Crippen molar-refractivity contribution in [1.82, 2.24) is 10.3 Å². The molecule has 0 aromatic carbocycles. The third kappa shape index (κ3) is 3.36. The minimum absolute atomic E-state index is 0.130. The molecular formula is C12H12ClF3N2O3S. The van der Waals surface area contributed by atoms with Crippen LogP contribution in [-0.4, -0.2) is 25.5 Å². The van der Waals surface area contributed by atoms with Gasteiger partial charge in [0.1, 0.15) is 5.76 Å². The van der Waals surface area contributed by atoms with Crippen LogP contribution in [0.2, 0.25) is 5.02 Å². The number of hydrogen-bond donors (Lipinski definition) is 1. The van der Waals surface area contributed by atoms with Gasteiger partial charge in [-0.15, -0.1) is 0 Å². The predicted molar refractivity (Wildman–Crippen MR) is 73.3 cm³/mol. The molecule has 0 saturated heterocycles. The van der Waals surface area contributed by atoms with Crippen molar-refractivity contribution < 1.29 is 25.8 Å². The Balaban J connectivity index is 2.26. The second kappa shape index (κ2) is 6.05. The van der Waals surface area contributed by atoms with Crippen molar-refractivity contribution in [1.29, 1.82) is 0 Å². The minimum Gasteiger partial charge on any atom is -0.381 e. The zero-order chi connectivity index (χ0) is 16.5. The van der Waals surface area contributed by atoms with Gasteiger partial charge in [-0.25, -0.2) is 0 Å². The zero-order valence-electron chi connectivity index (χ0n) is 11.3. The SMILES string of the molecule is CC1C(OS(=O)(=O)C(F)(F)F)=CCN[C@H]1c1ncccc1Cl. The van der Waals surface area contributed by atoms with E-state index in [0.29, 0.717) is 10.7 Å².